The van der Waals surface area contributed by atoms with Gasteiger partial charge in [-0.15, -0.1) is 0 Å². The molecule has 4 rings (SSSR count). The zero-order valence-corrected chi connectivity index (χ0v) is 20.1. The largest absolute Gasteiger partial charge is 0.496 e. The lowest BCUT2D eigenvalue weighted by molar-refractivity contribution is -0.120. The van der Waals surface area contributed by atoms with Gasteiger partial charge in [0.25, 0.3) is 11.8 Å². The molecule has 2 aromatic rings. The second-order valence-electron chi connectivity index (χ2n) is 9.49. The average Bonchev–Trinajstić information content (AvgIpc) is 3.07. The number of piperidine rings is 1. The van der Waals surface area contributed by atoms with Crippen LogP contribution >= 0.6 is 0 Å². The van der Waals surface area contributed by atoms with Gasteiger partial charge < -0.3 is 9.64 Å². The second kappa shape index (κ2) is 9.82. The number of hydrogen-bond donors (Lipinski definition) is 0. The van der Waals surface area contributed by atoms with Gasteiger partial charge in [0, 0.05) is 18.7 Å². The van der Waals surface area contributed by atoms with E-state index < -0.39 is 0 Å². The number of anilines is 1. The van der Waals surface area contributed by atoms with Crippen LogP contribution in [0, 0.1) is 11.8 Å². The molecule has 2 aliphatic rings. The maximum absolute atomic E-state index is 13.8. The summed E-state index contributed by atoms with van der Waals surface area (Å²) in [5.74, 6) is 0.973. The standard InChI is InChI=1S/C28H34N2O3/c1-5-6-9-21-12-14-22(15-13-21)30-27(31)25(23-10-7-8-11-24(23)33-4)26(28(30)32)29-17-19(2)16-20(3)18-29/h7-8,10-15,19-20H,5-6,9,16-18H2,1-4H3. The highest BCUT2D eigenvalue weighted by Crippen LogP contribution is 2.40. The van der Waals surface area contributed by atoms with E-state index in [4.69, 9.17) is 4.74 Å². The molecule has 2 heterocycles. The van der Waals surface area contributed by atoms with E-state index in [1.165, 1.54) is 10.5 Å². The molecule has 0 radical (unpaired) electrons. The van der Waals surface area contributed by atoms with Gasteiger partial charge in [-0.05, 0) is 54.9 Å². The minimum Gasteiger partial charge on any atom is -0.496 e. The van der Waals surface area contributed by atoms with Crippen molar-refractivity contribution in [2.24, 2.45) is 11.8 Å². The number of para-hydroxylation sites is 1. The van der Waals surface area contributed by atoms with Gasteiger partial charge in [-0.3, -0.25) is 9.59 Å². The summed E-state index contributed by atoms with van der Waals surface area (Å²) in [6, 6.07) is 15.3. The maximum atomic E-state index is 13.8. The maximum Gasteiger partial charge on any atom is 0.282 e. The Morgan fingerprint density at radius 1 is 0.939 bits per heavy atom. The molecule has 5 nitrogen and oxygen atoms in total. The Hall–Kier alpha value is -3.08. The third-order valence-electron chi connectivity index (χ3n) is 6.63. The van der Waals surface area contributed by atoms with Crippen molar-refractivity contribution in [1.82, 2.24) is 4.90 Å². The van der Waals surface area contributed by atoms with Crippen LogP contribution in [0.1, 0.15) is 51.2 Å². The summed E-state index contributed by atoms with van der Waals surface area (Å²) in [4.78, 5) is 31.1. The quantitative estimate of drug-likeness (QED) is 0.542. The Morgan fingerprint density at radius 2 is 1.61 bits per heavy atom. The van der Waals surface area contributed by atoms with Crippen molar-refractivity contribution in [3.8, 4) is 5.75 Å². The number of aryl methyl sites for hydroxylation is 1. The predicted octanol–water partition coefficient (Wildman–Crippen LogP) is 5.30. The molecule has 0 saturated carbocycles. The zero-order valence-electron chi connectivity index (χ0n) is 20.1. The summed E-state index contributed by atoms with van der Waals surface area (Å²) < 4.78 is 5.58. The summed E-state index contributed by atoms with van der Waals surface area (Å²) in [7, 11) is 1.60. The van der Waals surface area contributed by atoms with E-state index in [2.05, 4.69) is 25.7 Å². The number of methoxy groups -OCH3 is 1. The lowest BCUT2D eigenvalue weighted by Crippen LogP contribution is -2.42. The SMILES string of the molecule is CCCCc1ccc(N2C(=O)C(c3ccccc3OC)=C(N3CC(C)CC(C)C3)C2=O)cc1. The van der Waals surface area contributed by atoms with E-state index in [-0.39, 0.29) is 11.8 Å². The molecule has 174 valence electrons. The Labute approximate surface area is 197 Å². The monoisotopic (exact) mass is 446 g/mol. The third kappa shape index (κ3) is 4.54. The van der Waals surface area contributed by atoms with Gasteiger partial charge in [-0.25, -0.2) is 4.90 Å². The Balaban J connectivity index is 1.78. The van der Waals surface area contributed by atoms with Crippen molar-refractivity contribution in [3.05, 3.63) is 65.4 Å². The van der Waals surface area contributed by atoms with E-state index in [0.717, 1.165) is 38.8 Å². The molecule has 0 N–H and O–H groups in total. The van der Waals surface area contributed by atoms with Crippen molar-refractivity contribution in [2.45, 2.75) is 46.5 Å². The first-order chi connectivity index (χ1) is 15.9. The van der Waals surface area contributed by atoms with Gasteiger partial charge in [0.15, 0.2) is 0 Å². The molecule has 0 aromatic heterocycles. The van der Waals surface area contributed by atoms with Gasteiger partial charge in [-0.1, -0.05) is 57.5 Å². The number of carbonyl (C=O) groups is 2. The fourth-order valence-electron chi connectivity index (χ4n) is 5.18. The lowest BCUT2D eigenvalue weighted by Gasteiger charge is -2.37. The lowest BCUT2D eigenvalue weighted by atomic mass is 9.91. The van der Waals surface area contributed by atoms with Crippen LogP contribution in [0.5, 0.6) is 5.75 Å². The molecular formula is C28H34N2O3. The number of imide groups is 1. The predicted molar refractivity (Wildman–Crippen MR) is 132 cm³/mol. The molecule has 0 bridgehead atoms. The van der Waals surface area contributed by atoms with Crippen LogP contribution in [-0.4, -0.2) is 36.9 Å². The van der Waals surface area contributed by atoms with Crippen LogP contribution in [0.4, 0.5) is 5.69 Å². The molecule has 2 aromatic carbocycles. The molecule has 1 fully saturated rings. The summed E-state index contributed by atoms with van der Waals surface area (Å²) in [6.07, 6.45) is 4.38. The molecule has 2 amide bonds. The molecule has 5 heteroatoms. The smallest absolute Gasteiger partial charge is 0.282 e. The highest BCUT2D eigenvalue weighted by molar-refractivity contribution is 6.45. The third-order valence-corrected chi connectivity index (χ3v) is 6.63. The summed E-state index contributed by atoms with van der Waals surface area (Å²) in [5, 5.41) is 0. The van der Waals surface area contributed by atoms with Gasteiger partial charge >= 0.3 is 0 Å². The van der Waals surface area contributed by atoms with Crippen molar-refractivity contribution in [2.75, 3.05) is 25.1 Å². The number of nitrogens with zero attached hydrogens (tertiary/aromatic N) is 2. The molecule has 2 aliphatic heterocycles. The molecular weight excluding hydrogens is 412 g/mol. The highest BCUT2D eigenvalue weighted by Gasteiger charge is 2.44. The molecule has 2 unspecified atom stereocenters. The highest BCUT2D eigenvalue weighted by atomic mass is 16.5. The minimum atomic E-state index is -0.285. The van der Waals surface area contributed by atoms with Crippen LogP contribution in [0.2, 0.25) is 0 Å². The number of amides is 2. The number of rotatable bonds is 7. The number of carbonyl (C=O) groups excluding carboxylic acids is 2. The van der Waals surface area contributed by atoms with Crippen LogP contribution in [0.15, 0.2) is 54.2 Å². The van der Waals surface area contributed by atoms with Gasteiger partial charge in [-0.2, -0.15) is 0 Å². The van der Waals surface area contributed by atoms with Crippen molar-refractivity contribution < 1.29 is 14.3 Å². The van der Waals surface area contributed by atoms with E-state index in [1.807, 2.05) is 48.5 Å². The second-order valence-corrected chi connectivity index (χ2v) is 9.49. The Bertz CT molecular complexity index is 1050. The van der Waals surface area contributed by atoms with Gasteiger partial charge in [0.2, 0.25) is 0 Å². The zero-order chi connectivity index (χ0) is 23.5. The van der Waals surface area contributed by atoms with E-state index in [0.29, 0.717) is 40.1 Å². The van der Waals surface area contributed by atoms with Crippen LogP contribution in [0.3, 0.4) is 0 Å². The molecule has 1 saturated heterocycles. The minimum absolute atomic E-state index is 0.247. The van der Waals surface area contributed by atoms with Gasteiger partial charge in [0.05, 0.1) is 18.4 Å². The van der Waals surface area contributed by atoms with Crippen LogP contribution < -0.4 is 9.64 Å². The number of unbranched alkanes of at least 4 members (excludes halogenated alkanes) is 1. The fourth-order valence-corrected chi connectivity index (χ4v) is 5.18. The first-order valence-electron chi connectivity index (χ1n) is 12.0. The van der Waals surface area contributed by atoms with Gasteiger partial charge in [0.1, 0.15) is 11.4 Å². The first kappa shape index (κ1) is 23.1. The average molecular weight is 447 g/mol. The van der Waals surface area contributed by atoms with E-state index in [9.17, 15) is 9.59 Å². The topological polar surface area (TPSA) is 49.9 Å². The number of hydrogen-bond acceptors (Lipinski definition) is 4. The number of benzene rings is 2. The normalized spacial score (nSPS) is 21.2. The number of ether oxygens (including phenoxy) is 1. The Kier molecular flexibility index (Phi) is 6.87. The van der Waals surface area contributed by atoms with E-state index >= 15 is 0 Å². The van der Waals surface area contributed by atoms with Crippen LogP contribution in [-0.2, 0) is 16.0 Å². The summed E-state index contributed by atoms with van der Waals surface area (Å²) in [6.45, 7) is 8.12. The number of likely N-dealkylation sites (tertiary alicyclic amines) is 1. The fraction of sp³-hybridized carbons (Fsp3) is 0.429. The summed E-state index contributed by atoms with van der Waals surface area (Å²) in [5.41, 5.74) is 3.44. The van der Waals surface area contributed by atoms with E-state index in [1.54, 1.807) is 7.11 Å². The molecule has 33 heavy (non-hydrogen) atoms. The molecule has 0 spiro atoms. The molecule has 0 aliphatic carbocycles. The van der Waals surface area contributed by atoms with Crippen molar-refractivity contribution >= 4 is 23.1 Å². The first-order valence-corrected chi connectivity index (χ1v) is 12.0. The van der Waals surface area contributed by atoms with Crippen molar-refractivity contribution in [1.29, 1.82) is 0 Å². The Morgan fingerprint density at radius 3 is 2.24 bits per heavy atom. The summed E-state index contributed by atoms with van der Waals surface area (Å²) >= 11 is 0. The molecule has 2 atom stereocenters. The van der Waals surface area contributed by atoms with Crippen molar-refractivity contribution in [3.63, 3.8) is 0 Å². The van der Waals surface area contributed by atoms with Crippen LogP contribution in [0.25, 0.3) is 5.57 Å².